The van der Waals surface area contributed by atoms with Crippen LogP contribution in [-0.2, 0) is 11.3 Å². The SMILES string of the molecule is CCCOc1nc(Cl)nc(Oc2cccc(COC)c2)n1. The molecule has 0 atom stereocenters. The molecule has 6 nitrogen and oxygen atoms in total. The van der Waals surface area contributed by atoms with Gasteiger partial charge in [0, 0.05) is 7.11 Å². The van der Waals surface area contributed by atoms with E-state index in [4.69, 9.17) is 25.8 Å². The highest BCUT2D eigenvalue weighted by Crippen LogP contribution is 2.22. The largest absolute Gasteiger partial charge is 0.463 e. The van der Waals surface area contributed by atoms with Crippen molar-refractivity contribution in [2.75, 3.05) is 13.7 Å². The lowest BCUT2D eigenvalue weighted by molar-refractivity contribution is 0.184. The van der Waals surface area contributed by atoms with Crippen molar-refractivity contribution < 1.29 is 14.2 Å². The van der Waals surface area contributed by atoms with Gasteiger partial charge in [0.25, 0.3) is 0 Å². The summed E-state index contributed by atoms with van der Waals surface area (Å²) in [5.41, 5.74) is 0.984. The second-order valence-corrected chi connectivity index (χ2v) is 4.54. The lowest BCUT2D eigenvalue weighted by Gasteiger charge is -2.07. The number of nitrogens with zero attached hydrogens (tertiary/aromatic N) is 3. The van der Waals surface area contributed by atoms with Gasteiger partial charge in [-0.25, -0.2) is 0 Å². The fourth-order valence-corrected chi connectivity index (χ4v) is 1.73. The molecule has 1 aromatic carbocycles. The maximum atomic E-state index is 5.83. The number of hydrogen-bond donors (Lipinski definition) is 0. The summed E-state index contributed by atoms with van der Waals surface area (Å²) in [5, 5.41) is 0.0270. The maximum Gasteiger partial charge on any atom is 0.329 e. The standard InChI is InChI=1S/C14H16ClN3O3/c1-3-7-20-13-16-12(15)17-14(18-13)21-11-6-4-5-10(8-11)9-19-2/h4-6,8H,3,7,9H2,1-2H3. The summed E-state index contributed by atoms with van der Waals surface area (Å²) in [6, 6.07) is 7.68. The van der Waals surface area contributed by atoms with Gasteiger partial charge in [-0.05, 0) is 35.7 Å². The van der Waals surface area contributed by atoms with Crippen LogP contribution in [0, 0.1) is 0 Å². The van der Waals surface area contributed by atoms with Crippen LogP contribution in [0.15, 0.2) is 24.3 Å². The van der Waals surface area contributed by atoms with Crippen LogP contribution in [0.1, 0.15) is 18.9 Å². The zero-order valence-corrected chi connectivity index (χ0v) is 12.6. The molecule has 0 amide bonds. The first kappa shape index (κ1) is 15.5. The van der Waals surface area contributed by atoms with E-state index in [0.29, 0.717) is 19.0 Å². The van der Waals surface area contributed by atoms with Gasteiger partial charge in [-0.1, -0.05) is 19.1 Å². The Balaban J connectivity index is 2.14. The molecule has 2 rings (SSSR count). The third-order valence-electron chi connectivity index (χ3n) is 2.42. The Morgan fingerprint density at radius 3 is 2.71 bits per heavy atom. The van der Waals surface area contributed by atoms with Crippen molar-refractivity contribution in [3.05, 3.63) is 35.1 Å². The molecule has 0 unspecified atom stereocenters. The smallest absolute Gasteiger partial charge is 0.329 e. The van der Waals surface area contributed by atoms with Crippen LogP contribution in [0.3, 0.4) is 0 Å². The normalized spacial score (nSPS) is 10.4. The molecule has 112 valence electrons. The fraction of sp³-hybridized carbons (Fsp3) is 0.357. The van der Waals surface area contributed by atoms with Gasteiger partial charge < -0.3 is 14.2 Å². The summed E-state index contributed by atoms with van der Waals surface area (Å²) in [5.74, 6) is 0.591. The average molecular weight is 310 g/mol. The maximum absolute atomic E-state index is 5.83. The van der Waals surface area contributed by atoms with Gasteiger partial charge in [-0.3, -0.25) is 0 Å². The molecular weight excluding hydrogens is 294 g/mol. The Labute approximate surface area is 128 Å². The van der Waals surface area contributed by atoms with Crippen molar-refractivity contribution >= 4 is 11.6 Å². The highest BCUT2D eigenvalue weighted by Gasteiger charge is 2.08. The Bertz CT molecular complexity index is 595. The molecule has 2 aromatic rings. The number of benzene rings is 1. The minimum atomic E-state index is 0.0270. The van der Waals surface area contributed by atoms with Crippen molar-refractivity contribution in [1.29, 1.82) is 0 Å². The Morgan fingerprint density at radius 2 is 1.95 bits per heavy atom. The first-order valence-electron chi connectivity index (χ1n) is 6.51. The van der Waals surface area contributed by atoms with Crippen LogP contribution in [0.5, 0.6) is 17.8 Å². The van der Waals surface area contributed by atoms with Gasteiger partial charge in [-0.2, -0.15) is 9.97 Å². The molecule has 0 saturated heterocycles. The molecule has 1 aromatic heterocycles. The van der Waals surface area contributed by atoms with E-state index in [1.54, 1.807) is 13.2 Å². The molecular formula is C14H16ClN3O3. The predicted molar refractivity (Wildman–Crippen MR) is 77.9 cm³/mol. The molecule has 0 bridgehead atoms. The summed E-state index contributed by atoms with van der Waals surface area (Å²) in [4.78, 5) is 11.9. The van der Waals surface area contributed by atoms with Crippen molar-refractivity contribution in [1.82, 2.24) is 15.0 Å². The number of aromatic nitrogens is 3. The van der Waals surface area contributed by atoms with Gasteiger partial charge in [-0.15, -0.1) is 4.98 Å². The molecule has 0 aliphatic carbocycles. The van der Waals surface area contributed by atoms with E-state index in [9.17, 15) is 0 Å². The molecule has 0 radical (unpaired) electrons. The van der Waals surface area contributed by atoms with Crippen LogP contribution in [0.4, 0.5) is 0 Å². The Kier molecular flexibility index (Phi) is 5.71. The van der Waals surface area contributed by atoms with Gasteiger partial charge in [0.05, 0.1) is 13.2 Å². The first-order chi connectivity index (χ1) is 10.2. The van der Waals surface area contributed by atoms with Gasteiger partial charge in [0.2, 0.25) is 5.28 Å². The van der Waals surface area contributed by atoms with E-state index in [-0.39, 0.29) is 17.3 Å². The van der Waals surface area contributed by atoms with Crippen molar-refractivity contribution in [2.45, 2.75) is 20.0 Å². The van der Waals surface area contributed by atoms with E-state index in [1.807, 2.05) is 25.1 Å². The van der Waals surface area contributed by atoms with Gasteiger partial charge >= 0.3 is 12.0 Å². The molecule has 7 heteroatoms. The van der Waals surface area contributed by atoms with Crippen LogP contribution in [0.25, 0.3) is 0 Å². The first-order valence-corrected chi connectivity index (χ1v) is 6.89. The quantitative estimate of drug-likeness (QED) is 0.782. The lowest BCUT2D eigenvalue weighted by atomic mass is 10.2. The Hall–Kier alpha value is -1.92. The molecule has 0 saturated carbocycles. The zero-order chi connectivity index (χ0) is 15.1. The topological polar surface area (TPSA) is 66.4 Å². The number of halogens is 1. The number of hydrogen-bond acceptors (Lipinski definition) is 6. The van der Waals surface area contributed by atoms with Gasteiger partial charge in [0.1, 0.15) is 5.75 Å². The van der Waals surface area contributed by atoms with Gasteiger partial charge in [0.15, 0.2) is 0 Å². The summed E-state index contributed by atoms with van der Waals surface area (Å²) < 4.78 is 16.0. The van der Waals surface area contributed by atoms with E-state index in [1.165, 1.54) is 0 Å². The molecule has 1 heterocycles. The van der Waals surface area contributed by atoms with E-state index in [0.717, 1.165) is 12.0 Å². The fourth-order valence-electron chi connectivity index (χ4n) is 1.59. The third kappa shape index (κ3) is 4.84. The van der Waals surface area contributed by atoms with E-state index >= 15 is 0 Å². The highest BCUT2D eigenvalue weighted by molar-refractivity contribution is 6.28. The monoisotopic (exact) mass is 309 g/mol. The molecule has 0 N–H and O–H groups in total. The van der Waals surface area contributed by atoms with E-state index < -0.39 is 0 Å². The molecule has 0 spiro atoms. The second kappa shape index (κ2) is 7.75. The summed E-state index contributed by atoms with van der Waals surface area (Å²) in [6.45, 7) is 2.99. The lowest BCUT2D eigenvalue weighted by Crippen LogP contribution is -2.03. The molecule has 0 aliphatic heterocycles. The van der Waals surface area contributed by atoms with Crippen molar-refractivity contribution in [3.63, 3.8) is 0 Å². The minimum absolute atomic E-state index is 0.0270. The average Bonchev–Trinajstić information content (AvgIpc) is 2.45. The molecule has 0 aliphatic rings. The predicted octanol–water partition coefficient (Wildman–Crippen LogP) is 3.25. The number of rotatable bonds is 7. The number of ether oxygens (including phenoxy) is 3. The highest BCUT2D eigenvalue weighted by atomic mass is 35.5. The zero-order valence-electron chi connectivity index (χ0n) is 11.9. The second-order valence-electron chi connectivity index (χ2n) is 4.20. The van der Waals surface area contributed by atoms with Crippen LogP contribution in [0.2, 0.25) is 5.28 Å². The van der Waals surface area contributed by atoms with E-state index in [2.05, 4.69) is 15.0 Å². The summed E-state index contributed by atoms with van der Waals surface area (Å²) >= 11 is 5.83. The van der Waals surface area contributed by atoms with Crippen LogP contribution in [-0.4, -0.2) is 28.7 Å². The summed E-state index contributed by atoms with van der Waals surface area (Å²) in [6.07, 6.45) is 0.846. The van der Waals surface area contributed by atoms with Crippen LogP contribution < -0.4 is 9.47 Å². The summed E-state index contributed by atoms with van der Waals surface area (Å²) in [7, 11) is 1.64. The molecule has 0 fully saturated rings. The number of methoxy groups -OCH3 is 1. The Morgan fingerprint density at radius 1 is 1.14 bits per heavy atom. The minimum Gasteiger partial charge on any atom is -0.463 e. The van der Waals surface area contributed by atoms with Crippen LogP contribution >= 0.6 is 11.6 Å². The van der Waals surface area contributed by atoms with Crippen molar-refractivity contribution in [3.8, 4) is 17.8 Å². The molecule has 21 heavy (non-hydrogen) atoms. The third-order valence-corrected chi connectivity index (χ3v) is 2.59. The van der Waals surface area contributed by atoms with Crippen molar-refractivity contribution in [2.24, 2.45) is 0 Å².